The van der Waals surface area contributed by atoms with Gasteiger partial charge in [0, 0.05) is 29.8 Å². The van der Waals surface area contributed by atoms with Crippen molar-refractivity contribution in [3.05, 3.63) is 28.5 Å². The van der Waals surface area contributed by atoms with Gasteiger partial charge in [0.15, 0.2) is 0 Å². The van der Waals surface area contributed by atoms with E-state index in [1.165, 1.54) is 5.56 Å². The van der Waals surface area contributed by atoms with Gasteiger partial charge in [0.2, 0.25) is 0 Å². The van der Waals surface area contributed by atoms with Gasteiger partial charge >= 0.3 is 0 Å². The predicted molar refractivity (Wildman–Crippen MR) is 55.9 cm³/mol. The van der Waals surface area contributed by atoms with E-state index >= 15 is 0 Å². The fourth-order valence-corrected chi connectivity index (χ4v) is 1.72. The van der Waals surface area contributed by atoms with Crippen LogP contribution >= 0.6 is 15.9 Å². The summed E-state index contributed by atoms with van der Waals surface area (Å²) in [4.78, 5) is 8.42. The van der Waals surface area contributed by atoms with Crippen LogP contribution in [0.2, 0.25) is 0 Å². The number of pyridine rings is 1. The summed E-state index contributed by atoms with van der Waals surface area (Å²) in [6.07, 6.45) is 4.51. The van der Waals surface area contributed by atoms with Crippen molar-refractivity contribution in [2.45, 2.75) is 6.42 Å². The summed E-state index contributed by atoms with van der Waals surface area (Å²) in [6.45, 7) is 1.87. The van der Waals surface area contributed by atoms with E-state index < -0.39 is 0 Å². The average Bonchev–Trinajstić information content (AvgIpc) is 2.57. The molecule has 68 valence electrons. The summed E-state index contributed by atoms with van der Waals surface area (Å²) in [7, 11) is 0. The van der Waals surface area contributed by atoms with Gasteiger partial charge in [-0.3, -0.25) is 9.98 Å². The first kappa shape index (κ1) is 8.69. The molecule has 0 spiro atoms. The summed E-state index contributed by atoms with van der Waals surface area (Å²) in [6, 6.07) is 2.06. The Kier molecular flexibility index (Phi) is 2.59. The highest BCUT2D eigenvalue weighted by Gasteiger charge is 2.05. The molecule has 0 aliphatic carbocycles. The van der Waals surface area contributed by atoms with Gasteiger partial charge < -0.3 is 5.32 Å². The van der Waals surface area contributed by atoms with Crippen molar-refractivity contribution in [3.8, 4) is 0 Å². The molecule has 0 saturated carbocycles. The lowest BCUT2D eigenvalue weighted by atomic mass is 10.2. The van der Waals surface area contributed by atoms with Crippen LogP contribution in [0.1, 0.15) is 5.56 Å². The number of rotatable bonds is 2. The minimum atomic E-state index is 0.854. The number of nitrogens with one attached hydrogen (secondary N) is 1. The molecular weight excluding hydrogens is 230 g/mol. The molecule has 1 aromatic heterocycles. The zero-order valence-electron chi connectivity index (χ0n) is 7.13. The summed E-state index contributed by atoms with van der Waals surface area (Å²) < 4.78 is 1.02. The van der Waals surface area contributed by atoms with Gasteiger partial charge in [-0.05, 0) is 27.6 Å². The van der Waals surface area contributed by atoms with E-state index in [0.717, 1.165) is 29.8 Å². The summed E-state index contributed by atoms with van der Waals surface area (Å²) >= 11 is 3.39. The minimum absolute atomic E-state index is 0.854. The molecule has 0 saturated heterocycles. The first-order chi connectivity index (χ1) is 6.34. The Balaban J connectivity index is 2.09. The molecule has 4 heteroatoms. The van der Waals surface area contributed by atoms with E-state index in [1.54, 1.807) is 6.20 Å². The van der Waals surface area contributed by atoms with Crippen molar-refractivity contribution in [1.29, 1.82) is 0 Å². The number of hydrogen-bond acceptors (Lipinski definition) is 3. The SMILES string of the molecule is Brc1cncc(CC2=NCCN2)c1. The molecule has 1 N–H and O–H groups in total. The molecule has 1 aliphatic heterocycles. The third-order valence-corrected chi connectivity index (χ3v) is 2.31. The van der Waals surface area contributed by atoms with Gasteiger partial charge in [-0.2, -0.15) is 0 Å². The van der Waals surface area contributed by atoms with Crippen molar-refractivity contribution in [1.82, 2.24) is 10.3 Å². The van der Waals surface area contributed by atoms with Gasteiger partial charge in [-0.15, -0.1) is 0 Å². The highest BCUT2D eigenvalue weighted by Crippen LogP contribution is 2.10. The average molecular weight is 240 g/mol. The molecule has 3 nitrogen and oxygen atoms in total. The Labute approximate surface area is 85.4 Å². The number of nitrogens with zero attached hydrogens (tertiary/aromatic N) is 2. The van der Waals surface area contributed by atoms with Crippen LogP contribution < -0.4 is 5.32 Å². The lowest BCUT2D eigenvalue weighted by Gasteiger charge is -2.01. The first-order valence-corrected chi connectivity index (χ1v) is 5.00. The van der Waals surface area contributed by atoms with Gasteiger partial charge in [0.05, 0.1) is 6.54 Å². The molecule has 2 rings (SSSR count). The van der Waals surface area contributed by atoms with Crippen LogP contribution in [-0.4, -0.2) is 23.9 Å². The van der Waals surface area contributed by atoms with E-state index in [2.05, 4.69) is 37.3 Å². The number of aromatic nitrogens is 1. The van der Waals surface area contributed by atoms with Crippen molar-refractivity contribution < 1.29 is 0 Å². The lowest BCUT2D eigenvalue weighted by molar-refractivity contribution is 0.952. The van der Waals surface area contributed by atoms with Crippen LogP contribution in [0.4, 0.5) is 0 Å². The zero-order chi connectivity index (χ0) is 9.10. The van der Waals surface area contributed by atoms with Gasteiger partial charge in [0.1, 0.15) is 5.84 Å². The maximum absolute atomic E-state index is 4.32. The molecule has 0 radical (unpaired) electrons. The normalized spacial score (nSPS) is 15.3. The van der Waals surface area contributed by atoms with E-state index in [9.17, 15) is 0 Å². The Hall–Kier alpha value is -0.900. The first-order valence-electron chi connectivity index (χ1n) is 4.21. The number of amidine groups is 1. The molecule has 13 heavy (non-hydrogen) atoms. The van der Waals surface area contributed by atoms with E-state index in [4.69, 9.17) is 0 Å². The lowest BCUT2D eigenvalue weighted by Crippen LogP contribution is -2.20. The van der Waals surface area contributed by atoms with Gasteiger partial charge in [-0.1, -0.05) is 0 Å². The van der Waals surface area contributed by atoms with Crippen LogP contribution in [-0.2, 0) is 6.42 Å². The second-order valence-electron chi connectivity index (χ2n) is 2.94. The van der Waals surface area contributed by atoms with Gasteiger partial charge in [-0.25, -0.2) is 0 Å². The van der Waals surface area contributed by atoms with Crippen molar-refractivity contribution in [3.63, 3.8) is 0 Å². The van der Waals surface area contributed by atoms with Crippen LogP contribution in [0.25, 0.3) is 0 Å². The van der Waals surface area contributed by atoms with Crippen LogP contribution in [0.3, 0.4) is 0 Å². The Morgan fingerprint density at radius 1 is 1.46 bits per heavy atom. The smallest absolute Gasteiger partial charge is 0.101 e. The molecular formula is C9H10BrN3. The van der Waals surface area contributed by atoms with Crippen molar-refractivity contribution in [2.75, 3.05) is 13.1 Å². The molecule has 0 amide bonds. The molecule has 0 atom stereocenters. The number of hydrogen-bond donors (Lipinski definition) is 1. The second-order valence-corrected chi connectivity index (χ2v) is 3.86. The molecule has 0 aromatic carbocycles. The minimum Gasteiger partial charge on any atom is -0.372 e. The molecule has 1 aliphatic rings. The van der Waals surface area contributed by atoms with Crippen LogP contribution in [0.5, 0.6) is 0 Å². The fourth-order valence-electron chi connectivity index (χ4n) is 1.31. The second kappa shape index (κ2) is 3.87. The Morgan fingerprint density at radius 3 is 3.08 bits per heavy atom. The van der Waals surface area contributed by atoms with Crippen LogP contribution in [0, 0.1) is 0 Å². The predicted octanol–water partition coefficient (Wildman–Crippen LogP) is 1.39. The maximum Gasteiger partial charge on any atom is 0.101 e. The van der Waals surface area contributed by atoms with Crippen LogP contribution in [0.15, 0.2) is 27.9 Å². The van der Waals surface area contributed by atoms with Gasteiger partial charge in [0.25, 0.3) is 0 Å². The highest BCUT2D eigenvalue weighted by atomic mass is 79.9. The molecule has 0 bridgehead atoms. The molecule has 1 aromatic rings. The van der Waals surface area contributed by atoms with Crippen molar-refractivity contribution in [2.24, 2.45) is 4.99 Å². The topological polar surface area (TPSA) is 37.3 Å². The standard InChI is InChI=1S/C9H10BrN3/c10-8-3-7(5-11-6-8)4-9-12-1-2-13-9/h3,5-6H,1-2,4H2,(H,12,13). The zero-order valence-corrected chi connectivity index (χ0v) is 8.71. The van der Waals surface area contributed by atoms with E-state index in [0.29, 0.717) is 0 Å². The fraction of sp³-hybridized carbons (Fsp3) is 0.333. The third-order valence-electron chi connectivity index (χ3n) is 1.88. The Morgan fingerprint density at radius 2 is 2.38 bits per heavy atom. The summed E-state index contributed by atoms with van der Waals surface area (Å²) in [5, 5.41) is 3.23. The number of halogens is 1. The summed E-state index contributed by atoms with van der Waals surface area (Å²) in [5.41, 5.74) is 1.18. The quantitative estimate of drug-likeness (QED) is 0.848. The van der Waals surface area contributed by atoms with E-state index in [1.807, 2.05) is 6.20 Å². The highest BCUT2D eigenvalue weighted by molar-refractivity contribution is 9.10. The summed E-state index contributed by atoms with van der Waals surface area (Å²) in [5.74, 6) is 1.07. The third kappa shape index (κ3) is 2.28. The largest absolute Gasteiger partial charge is 0.372 e. The number of aliphatic imine (C=N–C) groups is 1. The maximum atomic E-state index is 4.32. The molecule has 0 fully saturated rings. The molecule has 2 heterocycles. The Bertz CT molecular complexity index is 335. The molecule has 0 unspecified atom stereocenters. The van der Waals surface area contributed by atoms with E-state index in [-0.39, 0.29) is 0 Å². The van der Waals surface area contributed by atoms with Crippen molar-refractivity contribution >= 4 is 21.8 Å². The monoisotopic (exact) mass is 239 g/mol.